The Hall–Kier alpha value is -1.15. The molecule has 0 rings (SSSR count). The van der Waals surface area contributed by atoms with Crippen molar-refractivity contribution in [3.8, 4) is 0 Å². The lowest BCUT2D eigenvalue weighted by molar-refractivity contribution is -0.143. The van der Waals surface area contributed by atoms with Crippen molar-refractivity contribution in [3.63, 3.8) is 0 Å². The fourth-order valence-electron chi connectivity index (χ4n) is 1.03. The van der Waals surface area contributed by atoms with E-state index in [0.29, 0.717) is 0 Å². The van der Waals surface area contributed by atoms with E-state index >= 15 is 0 Å². The van der Waals surface area contributed by atoms with Crippen LogP contribution in [0.2, 0.25) is 0 Å². The first-order valence-electron chi connectivity index (χ1n) is 4.53. The maximum absolute atomic E-state index is 11.4. The van der Waals surface area contributed by atoms with Crippen LogP contribution < -0.4 is 5.73 Å². The predicted octanol–water partition coefficient (Wildman–Crippen LogP) is -1.71. The van der Waals surface area contributed by atoms with Crippen LogP contribution in [0, 0.1) is 0 Å². The third-order valence-electron chi connectivity index (χ3n) is 1.87. The van der Waals surface area contributed by atoms with Crippen LogP contribution in [0.15, 0.2) is 0 Å². The molecule has 0 aliphatic heterocycles. The molecule has 1 unspecified atom stereocenters. The summed E-state index contributed by atoms with van der Waals surface area (Å²) in [6, 6.07) is -0.987. The first-order valence-corrected chi connectivity index (χ1v) is 6.59. The molecule has 0 saturated heterocycles. The lowest BCUT2D eigenvalue weighted by atomic mass is 10.2. The molecule has 0 spiro atoms. The summed E-state index contributed by atoms with van der Waals surface area (Å²) in [7, 11) is -1.87. The fraction of sp³-hybridized carbons (Fsp3) is 0.750. The predicted molar refractivity (Wildman–Crippen MR) is 57.6 cm³/mol. The average molecular weight is 252 g/mol. The van der Waals surface area contributed by atoms with Crippen LogP contribution in [0.1, 0.15) is 6.42 Å². The van der Waals surface area contributed by atoms with Crippen molar-refractivity contribution in [1.82, 2.24) is 4.90 Å². The summed E-state index contributed by atoms with van der Waals surface area (Å²) < 4.78 is 21.7. The molecule has 16 heavy (non-hydrogen) atoms. The second-order valence-electron chi connectivity index (χ2n) is 3.61. The minimum absolute atomic E-state index is 0.0123. The molecule has 3 N–H and O–H groups in total. The third-order valence-corrected chi connectivity index (χ3v) is 2.84. The topological polar surface area (TPSA) is 118 Å². The molecule has 0 aromatic carbocycles. The quantitative estimate of drug-likeness (QED) is 0.581. The molecule has 0 saturated carbocycles. The van der Waals surface area contributed by atoms with E-state index in [1.807, 2.05) is 0 Å². The molecule has 0 fully saturated rings. The van der Waals surface area contributed by atoms with Crippen LogP contribution in [0.3, 0.4) is 0 Å². The van der Waals surface area contributed by atoms with Gasteiger partial charge in [-0.15, -0.1) is 0 Å². The number of likely N-dealkylation sites (N-methyl/N-ethyl adjacent to an activating group) is 1. The van der Waals surface area contributed by atoms with Gasteiger partial charge in [-0.1, -0.05) is 0 Å². The van der Waals surface area contributed by atoms with Crippen molar-refractivity contribution in [1.29, 1.82) is 0 Å². The molecule has 8 heteroatoms. The van der Waals surface area contributed by atoms with Crippen molar-refractivity contribution in [3.05, 3.63) is 0 Å². The Kier molecular flexibility index (Phi) is 5.39. The van der Waals surface area contributed by atoms with Gasteiger partial charge in [0.1, 0.15) is 16.4 Å². The van der Waals surface area contributed by atoms with Gasteiger partial charge in [0.25, 0.3) is 0 Å². The number of carbonyl (C=O) groups excluding carboxylic acids is 1. The van der Waals surface area contributed by atoms with Gasteiger partial charge in [0.05, 0.1) is 11.8 Å². The SMILES string of the molecule is CN(CC(=O)O)C(=O)C(N)CCS(C)(=O)=O. The zero-order valence-corrected chi connectivity index (χ0v) is 10.0. The molecule has 0 aliphatic carbocycles. The van der Waals surface area contributed by atoms with Crippen LogP contribution in [0.25, 0.3) is 0 Å². The van der Waals surface area contributed by atoms with E-state index in [-0.39, 0.29) is 12.2 Å². The molecule has 0 bridgehead atoms. The number of nitrogens with two attached hydrogens (primary N) is 1. The molecule has 1 atom stereocenters. The Labute approximate surface area is 94.1 Å². The summed E-state index contributed by atoms with van der Waals surface area (Å²) in [6.07, 6.45) is 1.03. The van der Waals surface area contributed by atoms with Crippen LogP contribution in [0.5, 0.6) is 0 Å². The summed E-state index contributed by atoms with van der Waals surface area (Å²) in [4.78, 5) is 22.7. The highest BCUT2D eigenvalue weighted by atomic mass is 32.2. The Morgan fingerprint density at radius 2 is 1.94 bits per heavy atom. The van der Waals surface area contributed by atoms with Crippen molar-refractivity contribution in [2.75, 3.05) is 25.6 Å². The van der Waals surface area contributed by atoms with Crippen LogP contribution >= 0.6 is 0 Å². The van der Waals surface area contributed by atoms with E-state index in [1.165, 1.54) is 7.05 Å². The largest absolute Gasteiger partial charge is 0.480 e. The Morgan fingerprint density at radius 3 is 2.31 bits per heavy atom. The number of carboxylic acid groups (broad SMARTS) is 1. The van der Waals surface area contributed by atoms with Gasteiger partial charge >= 0.3 is 5.97 Å². The van der Waals surface area contributed by atoms with E-state index in [1.54, 1.807) is 0 Å². The smallest absolute Gasteiger partial charge is 0.323 e. The molecule has 0 heterocycles. The number of amides is 1. The molecular formula is C8H16N2O5S. The number of carbonyl (C=O) groups is 2. The Morgan fingerprint density at radius 1 is 1.44 bits per heavy atom. The normalized spacial score (nSPS) is 13.2. The number of hydrogen-bond donors (Lipinski definition) is 2. The maximum atomic E-state index is 11.4. The number of rotatable bonds is 6. The monoisotopic (exact) mass is 252 g/mol. The van der Waals surface area contributed by atoms with Gasteiger partial charge in [0, 0.05) is 13.3 Å². The molecule has 1 amide bonds. The highest BCUT2D eigenvalue weighted by Gasteiger charge is 2.20. The van der Waals surface area contributed by atoms with Crippen LogP contribution in [-0.2, 0) is 19.4 Å². The van der Waals surface area contributed by atoms with Crippen LogP contribution in [0.4, 0.5) is 0 Å². The molecule has 94 valence electrons. The number of carboxylic acids is 1. The summed E-state index contributed by atoms with van der Waals surface area (Å²) in [6.45, 7) is -0.453. The van der Waals surface area contributed by atoms with Crippen molar-refractivity contribution in [2.45, 2.75) is 12.5 Å². The minimum atomic E-state index is -3.17. The summed E-state index contributed by atoms with van der Waals surface area (Å²) in [5.41, 5.74) is 5.45. The maximum Gasteiger partial charge on any atom is 0.323 e. The number of hydrogen-bond acceptors (Lipinski definition) is 5. The zero-order chi connectivity index (χ0) is 12.9. The third kappa shape index (κ3) is 6.36. The van der Waals surface area contributed by atoms with Gasteiger partial charge in [0.2, 0.25) is 5.91 Å². The second-order valence-corrected chi connectivity index (χ2v) is 5.87. The number of sulfone groups is 1. The van der Waals surface area contributed by atoms with Gasteiger partial charge < -0.3 is 15.7 Å². The fourth-order valence-corrected chi connectivity index (χ4v) is 1.71. The van der Waals surface area contributed by atoms with Gasteiger partial charge in [-0.3, -0.25) is 9.59 Å². The second kappa shape index (κ2) is 5.80. The molecular weight excluding hydrogens is 236 g/mol. The molecule has 0 aromatic rings. The average Bonchev–Trinajstić information content (AvgIpc) is 2.10. The summed E-state index contributed by atoms with van der Waals surface area (Å²) in [5.74, 6) is -1.92. The van der Waals surface area contributed by atoms with E-state index in [9.17, 15) is 18.0 Å². The highest BCUT2D eigenvalue weighted by Crippen LogP contribution is 1.98. The minimum Gasteiger partial charge on any atom is -0.480 e. The van der Waals surface area contributed by atoms with E-state index in [0.717, 1.165) is 11.2 Å². The van der Waals surface area contributed by atoms with E-state index in [2.05, 4.69) is 0 Å². The first kappa shape index (κ1) is 14.8. The Balaban J connectivity index is 4.23. The van der Waals surface area contributed by atoms with Crippen molar-refractivity contribution < 1.29 is 23.1 Å². The highest BCUT2D eigenvalue weighted by molar-refractivity contribution is 7.90. The molecule has 7 nitrogen and oxygen atoms in total. The van der Waals surface area contributed by atoms with Gasteiger partial charge in [-0.25, -0.2) is 8.42 Å². The van der Waals surface area contributed by atoms with Crippen molar-refractivity contribution in [2.24, 2.45) is 5.73 Å². The van der Waals surface area contributed by atoms with E-state index in [4.69, 9.17) is 10.8 Å². The lowest BCUT2D eigenvalue weighted by Crippen LogP contribution is -2.44. The first-order chi connectivity index (χ1) is 7.13. The van der Waals surface area contributed by atoms with Crippen LogP contribution in [-0.4, -0.2) is 61.9 Å². The molecule has 0 aromatic heterocycles. The summed E-state index contributed by atoms with van der Waals surface area (Å²) >= 11 is 0. The van der Waals surface area contributed by atoms with E-state index < -0.39 is 34.3 Å². The van der Waals surface area contributed by atoms with Gasteiger partial charge in [-0.2, -0.15) is 0 Å². The summed E-state index contributed by atoms with van der Waals surface area (Å²) in [5, 5.41) is 8.44. The standard InChI is InChI=1S/C8H16N2O5S/c1-10(5-7(11)12)8(13)6(9)3-4-16(2,14)15/h6H,3-5,9H2,1-2H3,(H,11,12). The van der Waals surface area contributed by atoms with Gasteiger partial charge in [0.15, 0.2) is 0 Å². The molecule has 0 aliphatic rings. The Bertz CT molecular complexity index is 365. The molecule has 0 radical (unpaired) electrons. The number of aliphatic carboxylic acids is 1. The lowest BCUT2D eigenvalue weighted by Gasteiger charge is -2.19. The zero-order valence-electron chi connectivity index (χ0n) is 9.21. The van der Waals surface area contributed by atoms with Gasteiger partial charge in [-0.05, 0) is 6.42 Å². The number of nitrogens with zero attached hydrogens (tertiary/aromatic N) is 1. The van der Waals surface area contributed by atoms with Crippen molar-refractivity contribution >= 4 is 21.7 Å².